The number of aryl methyl sites for hydroxylation is 1. The molecule has 3 nitrogen and oxygen atoms in total. The van der Waals surface area contributed by atoms with Gasteiger partial charge in [-0.05, 0) is 13.8 Å². The highest BCUT2D eigenvalue weighted by Crippen LogP contribution is 2.11. The first-order valence-electron chi connectivity index (χ1n) is 4.91. The molecule has 1 aliphatic heterocycles. The highest BCUT2D eigenvalue weighted by atomic mass is 16.1. The van der Waals surface area contributed by atoms with Crippen LogP contribution in [0.5, 0.6) is 0 Å². The molecule has 2 rings (SSSR count). The average molecular weight is 200 g/mol. The molecule has 0 fully saturated rings. The van der Waals surface area contributed by atoms with E-state index in [9.17, 15) is 4.79 Å². The molecular formula is C12H12N2O. The molecule has 0 saturated heterocycles. The molecule has 0 amide bonds. The first kappa shape index (κ1) is 9.77. The zero-order valence-electron chi connectivity index (χ0n) is 8.77. The maximum Gasteiger partial charge on any atom is 0.191 e. The molecule has 0 aromatic heterocycles. The fraction of sp³-hybridized carbons (Fsp3) is 0.250. The van der Waals surface area contributed by atoms with E-state index in [1.54, 1.807) is 6.21 Å². The Hall–Kier alpha value is -1.77. The van der Waals surface area contributed by atoms with E-state index in [1.165, 1.54) is 5.56 Å². The minimum atomic E-state index is -0.168. The summed E-state index contributed by atoms with van der Waals surface area (Å²) >= 11 is 0. The number of ketones is 1. The van der Waals surface area contributed by atoms with Crippen molar-refractivity contribution >= 4 is 17.7 Å². The van der Waals surface area contributed by atoms with Crippen molar-refractivity contribution in [3.8, 4) is 0 Å². The zero-order valence-corrected chi connectivity index (χ0v) is 8.77. The Bertz CT molecular complexity index is 443. The van der Waals surface area contributed by atoms with Crippen molar-refractivity contribution in [3.63, 3.8) is 0 Å². The summed E-state index contributed by atoms with van der Waals surface area (Å²) in [5.41, 5.74) is 2.47. The Morgan fingerprint density at radius 3 is 2.53 bits per heavy atom. The van der Waals surface area contributed by atoms with Crippen LogP contribution in [-0.2, 0) is 4.79 Å². The van der Waals surface area contributed by atoms with E-state index in [1.807, 2.05) is 38.1 Å². The van der Waals surface area contributed by atoms with Crippen LogP contribution in [0.15, 0.2) is 34.5 Å². The standard InChI is InChI=1S/C12H12N2O/c1-8-3-5-10(6-4-8)11-12(15)9(2)7-13-14-11/h3-7,9H,1-2H3. The predicted octanol–water partition coefficient (Wildman–Crippen LogP) is 1.99. The van der Waals surface area contributed by atoms with Crippen LogP contribution in [0.2, 0.25) is 0 Å². The van der Waals surface area contributed by atoms with Gasteiger partial charge in [0.05, 0.1) is 5.92 Å². The first-order valence-corrected chi connectivity index (χ1v) is 4.91. The lowest BCUT2D eigenvalue weighted by Gasteiger charge is -2.10. The van der Waals surface area contributed by atoms with Gasteiger partial charge in [0.2, 0.25) is 0 Å². The molecule has 1 aromatic rings. The van der Waals surface area contributed by atoms with Gasteiger partial charge in [-0.1, -0.05) is 29.8 Å². The van der Waals surface area contributed by atoms with Crippen molar-refractivity contribution in [2.75, 3.05) is 0 Å². The van der Waals surface area contributed by atoms with Gasteiger partial charge in [-0.2, -0.15) is 5.10 Å². The van der Waals surface area contributed by atoms with Gasteiger partial charge in [0.25, 0.3) is 0 Å². The van der Waals surface area contributed by atoms with Crippen LogP contribution in [0.3, 0.4) is 0 Å². The SMILES string of the molecule is Cc1ccc(C2=NN=CC(C)C2=O)cc1. The van der Waals surface area contributed by atoms with Crippen LogP contribution in [0.1, 0.15) is 18.1 Å². The third-order valence-corrected chi connectivity index (χ3v) is 2.42. The largest absolute Gasteiger partial charge is 0.292 e. The lowest BCUT2D eigenvalue weighted by Crippen LogP contribution is -2.26. The first-order chi connectivity index (χ1) is 7.18. The monoisotopic (exact) mass is 200 g/mol. The molecule has 0 radical (unpaired) electrons. The molecule has 1 atom stereocenters. The molecule has 1 aliphatic rings. The van der Waals surface area contributed by atoms with Gasteiger partial charge in [-0.3, -0.25) is 4.79 Å². The summed E-state index contributed by atoms with van der Waals surface area (Å²) in [5, 5.41) is 7.73. The molecule has 0 bridgehead atoms. The topological polar surface area (TPSA) is 41.8 Å². The molecule has 1 heterocycles. The van der Waals surface area contributed by atoms with Gasteiger partial charge in [0, 0.05) is 11.8 Å². The molecule has 15 heavy (non-hydrogen) atoms. The molecule has 0 spiro atoms. The molecule has 0 aliphatic carbocycles. The Morgan fingerprint density at radius 1 is 1.20 bits per heavy atom. The van der Waals surface area contributed by atoms with Crippen LogP contribution in [-0.4, -0.2) is 17.7 Å². The number of hydrogen-bond donors (Lipinski definition) is 0. The number of Topliss-reactive ketones (excluding diaryl/α,β-unsaturated/α-hetero) is 1. The second kappa shape index (κ2) is 3.77. The number of hydrogen-bond acceptors (Lipinski definition) is 3. The van der Waals surface area contributed by atoms with Gasteiger partial charge in [-0.25, -0.2) is 0 Å². The van der Waals surface area contributed by atoms with Crippen molar-refractivity contribution in [1.82, 2.24) is 0 Å². The summed E-state index contributed by atoms with van der Waals surface area (Å²) in [6, 6.07) is 7.74. The third-order valence-electron chi connectivity index (χ3n) is 2.42. The third kappa shape index (κ3) is 1.86. The summed E-state index contributed by atoms with van der Waals surface area (Å²) in [4.78, 5) is 11.8. The van der Waals surface area contributed by atoms with Gasteiger partial charge in [0.1, 0.15) is 5.71 Å². The van der Waals surface area contributed by atoms with Crippen molar-refractivity contribution in [3.05, 3.63) is 35.4 Å². The minimum Gasteiger partial charge on any atom is -0.292 e. The Labute approximate surface area is 88.5 Å². The van der Waals surface area contributed by atoms with Crippen molar-refractivity contribution in [1.29, 1.82) is 0 Å². The van der Waals surface area contributed by atoms with E-state index < -0.39 is 0 Å². The zero-order chi connectivity index (χ0) is 10.8. The summed E-state index contributed by atoms with van der Waals surface area (Å²) in [5.74, 6) is -0.132. The van der Waals surface area contributed by atoms with Crippen molar-refractivity contribution in [2.45, 2.75) is 13.8 Å². The van der Waals surface area contributed by atoms with Crippen LogP contribution in [0, 0.1) is 12.8 Å². The maximum absolute atomic E-state index is 11.8. The van der Waals surface area contributed by atoms with Gasteiger partial charge >= 0.3 is 0 Å². The van der Waals surface area contributed by atoms with Gasteiger partial charge in [0.15, 0.2) is 5.78 Å². The molecule has 0 saturated carbocycles. The second-order valence-electron chi connectivity index (χ2n) is 3.73. The molecule has 0 N–H and O–H groups in total. The number of nitrogens with zero attached hydrogens (tertiary/aromatic N) is 2. The Kier molecular flexibility index (Phi) is 2.46. The number of benzene rings is 1. The van der Waals surface area contributed by atoms with E-state index >= 15 is 0 Å². The highest BCUT2D eigenvalue weighted by molar-refractivity contribution is 6.49. The van der Waals surface area contributed by atoms with E-state index in [2.05, 4.69) is 10.2 Å². The number of carbonyl (C=O) groups is 1. The Balaban J connectivity index is 2.39. The smallest absolute Gasteiger partial charge is 0.191 e. The van der Waals surface area contributed by atoms with Crippen molar-refractivity contribution < 1.29 is 4.79 Å². The van der Waals surface area contributed by atoms with E-state index in [0.717, 1.165) is 5.56 Å². The highest BCUT2D eigenvalue weighted by Gasteiger charge is 2.22. The normalized spacial score (nSPS) is 20.3. The summed E-state index contributed by atoms with van der Waals surface area (Å²) in [6.45, 7) is 3.84. The Morgan fingerprint density at radius 2 is 1.87 bits per heavy atom. The summed E-state index contributed by atoms with van der Waals surface area (Å²) in [6.07, 6.45) is 1.57. The van der Waals surface area contributed by atoms with Crippen LogP contribution >= 0.6 is 0 Å². The van der Waals surface area contributed by atoms with E-state index in [-0.39, 0.29) is 11.7 Å². The van der Waals surface area contributed by atoms with Crippen LogP contribution in [0.4, 0.5) is 0 Å². The lowest BCUT2D eigenvalue weighted by molar-refractivity contribution is -0.114. The van der Waals surface area contributed by atoms with Crippen LogP contribution in [0.25, 0.3) is 0 Å². The molecular weight excluding hydrogens is 188 g/mol. The summed E-state index contributed by atoms with van der Waals surface area (Å²) < 4.78 is 0. The number of rotatable bonds is 1. The molecule has 1 unspecified atom stereocenters. The number of carbonyl (C=O) groups excluding carboxylic acids is 1. The molecule has 1 aromatic carbocycles. The van der Waals surface area contributed by atoms with Gasteiger partial charge < -0.3 is 0 Å². The minimum absolute atomic E-state index is 0.0360. The predicted molar refractivity (Wildman–Crippen MR) is 60.4 cm³/mol. The second-order valence-corrected chi connectivity index (χ2v) is 3.73. The van der Waals surface area contributed by atoms with Gasteiger partial charge in [-0.15, -0.1) is 5.10 Å². The van der Waals surface area contributed by atoms with Crippen LogP contribution < -0.4 is 0 Å². The van der Waals surface area contributed by atoms with E-state index in [4.69, 9.17) is 0 Å². The quantitative estimate of drug-likeness (QED) is 0.683. The van der Waals surface area contributed by atoms with E-state index in [0.29, 0.717) is 5.71 Å². The summed E-state index contributed by atoms with van der Waals surface area (Å²) in [7, 11) is 0. The van der Waals surface area contributed by atoms with Crippen molar-refractivity contribution in [2.24, 2.45) is 16.1 Å². The molecule has 76 valence electrons. The fourth-order valence-electron chi connectivity index (χ4n) is 1.44. The average Bonchev–Trinajstić information content (AvgIpc) is 2.24. The fourth-order valence-corrected chi connectivity index (χ4v) is 1.44. The molecule has 3 heteroatoms. The lowest BCUT2D eigenvalue weighted by atomic mass is 9.97. The maximum atomic E-state index is 11.8.